The summed E-state index contributed by atoms with van der Waals surface area (Å²) in [5.41, 5.74) is 1.11. The van der Waals surface area contributed by atoms with E-state index in [1.165, 1.54) is 16.6 Å². The van der Waals surface area contributed by atoms with Crippen molar-refractivity contribution in [3.63, 3.8) is 0 Å². The number of fused-ring (bicyclic) bond motifs is 2. The topological polar surface area (TPSA) is 118 Å². The van der Waals surface area contributed by atoms with Crippen LogP contribution in [0, 0.1) is 13.8 Å². The highest BCUT2D eigenvalue weighted by molar-refractivity contribution is 6.34. The highest BCUT2D eigenvalue weighted by Gasteiger charge is 2.39. The number of carboxylic acid groups (broad SMARTS) is 1. The van der Waals surface area contributed by atoms with Crippen LogP contribution in [0.25, 0.3) is 5.78 Å². The molecule has 2 aromatic heterocycles. The molecule has 0 radical (unpaired) electrons. The van der Waals surface area contributed by atoms with Crippen molar-refractivity contribution < 1.29 is 19.5 Å². The van der Waals surface area contributed by atoms with Gasteiger partial charge in [-0.05, 0) is 32.0 Å². The van der Waals surface area contributed by atoms with Crippen LogP contribution in [0.5, 0.6) is 0 Å². The molecular formula is C16H10ClN5O4. The number of halogens is 1. The van der Waals surface area contributed by atoms with Crippen LogP contribution in [-0.2, 0) is 0 Å². The number of benzene rings is 1. The van der Waals surface area contributed by atoms with E-state index in [2.05, 4.69) is 15.1 Å². The molecule has 0 aliphatic carbocycles. The first-order chi connectivity index (χ1) is 12.3. The van der Waals surface area contributed by atoms with E-state index < -0.39 is 17.8 Å². The highest BCUT2D eigenvalue weighted by Crippen LogP contribution is 2.28. The lowest BCUT2D eigenvalue weighted by Gasteiger charge is -2.07. The Kier molecular flexibility index (Phi) is 3.31. The average molecular weight is 372 g/mol. The molecule has 0 bridgehead atoms. The third-order valence-electron chi connectivity index (χ3n) is 4.13. The maximum absolute atomic E-state index is 12.7. The van der Waals surface area contributed by atoms with Crippen molar-refractivity contribution >= 4 is 41.1 Å². The van der Waals surface area contributed by atoms with Gasteiger partial charge in [0.1, 0.15) is 0 Å². The number of carbonyl (C=O) groups excluding carboxylic acids is 2. The fraction of sp³-hybridized carbons (Fsp3) is 0.125. The fourth-order valence-corrected chi connectivity index (χ4v) is 2.92. The molecule has 0 fully saturated rings. The minimum Gasteiger partial charge on any atom is -0.478 e. The molecule has 10 heteroatoms. The molecule has 0 atom stereocenters. The zero-order valence-corrected chi connectivity index (χ0v) is 14.3. The Morgan fingerprint density at radius 2 is 1.81 bits per heavy atom. The molecule has 0 unspecified atom stereocenters. The number of hydrogen-bond donors (Lipinski definition) is 1. The van der Waals surface area contributed by atoms with E-state index in [4.69, 9.17) is 16.7 Å². The number of aromatic nitrogens is 4. The number of rotatable bonds is 2. The standard InChI is InChI=1S/C16H10ClN5O4/c1-6-11(17)7(2)22-15(18-6)19-16(20-22)21-12(23)9-4-3-8(14(25)26)5-10(9)13(21)24/h3-5H,1-2H3,(H,25,26). The van der Waals surface area contributed by atoms with Crippen LogP contribution in [0.2, 0.25) is 5.02 Å². The Morgan fingerprint density at radius 1 is 1.12 bits per heavy atom. The number of carbonyl (C=O) groups is 3. The van der Waals surface area contributed by atoms with Gasteiger partial charge >= 0.3 is 5.97 Å². The zero-order chi connectivity index (χ0) is 18.7. The largest absolute Gasteiger partial charge is 0.478 e. The molecule has 1 aliphatic heterocycles. The Labute approximate surface area is 150 Å². The second kappa shape index (κ2) is 5.33. The maximum Gasteiger partial charge on any atom is 0.335 e. The summed E-state index contributed by atoms with van der Waals surface area (Å²) in [5, 5.41) is 13.6. The molecule has 1 N–H and O–H groups in total. The van der Waals surface area contributed by atoms with E-state index >= 15 is 0 Å². The first kappa shape index (κ1) is 16.2. The zero-order valence-electron chi connectivity index (χ0n) is 13.5. The molecule has 1 aliphatic rings. The summed E-state index contributed by atoms with van der Waals surface area (Å²) in [5.74, 6) is -2.46. The fourth-order valence-electron chi connectivity index (χ4n) is 2.79. The minimum absolute atomic E-state index is 0.00681. The van der Waals surface area contributed by atoms with E-state index in [0.717, 1.165) is 11.0 Å². The Balaban J connectivity index is 1.85. The summed E-state index contributed by atoms with van der Waals surface area (Å²) in [4.78, 5) is 45.5. The molecule has 26 heavy (non-hydrogen) atoms. The summed E-state index contributed by atoms with van der Waals surface area (Å²) in [6.45, 7) is 3.42. The lowest BCUT2D eigenvalue weighted by molar-refractivity contribution is 0.0696. The van der Waals surface area contributed by atoms with Gasteiger partial charge in [0.05, 0.1) is 33.1 Å². The van der Waals surface area contributed by atoms with Gasteiger partial charge in [0.15, 0.2) is 0 Å². The molecule has 3 heterocycles. The summed E-state index contributed by atoms with van der Waals surface area (Å²) >= 11 is 6.15. The van der Waals surface area contributed by atoms with Crippen molar-refractivity contribution in [2.45, 2.75) is 13.8 Å². The number of aromatic carboxylic acids is 1. The second-order valence-corrected chi connectivity index (χ2v) is 6.11. The SMILES string of the molecule is Cc1nc2nc(N3C(=O)c4ccc(C(=O)O)cc4C3=O)nn2c(C)c1Cl. The molecule has 9 nitrogen and oxygen atoms in total. The van der Waals surface area contributed by atoms with Crippen molar-refractivity contribution in [3.05, 3.63) is 51.3 Å². The normalized spacial score (nSPS) is 13.6. The van der Waals surface area contributed by atoms with Gasteiger partial charge in [0, 0.05) is 0 Å². The summed E-state index contributed by atoms with van der Waals surface area (Å²) in [6, 6.07) is 3.74. The molecule has 3 aromatic rings. The van der Waals surface area contributed by atoms with Gasteiger partial charge in [-0.25, -0.2) is 14.7 Å². The number of aryl methyl sites for hydroxylation is 2. The molecule has 4 rings (SSSR count). The number of anilines is 1. The number of amides is 2. The molecule has 0 saturated carbocycles. The second-order valence-electron chi connectivity index (χ2n) is 5.73. The Bertz CT molecular complexity index is 1150. The summed E-state index contributed by atoms with van der Waals surface area (Å²) in [6.07, 6.45) is 0. The van der Waals surface area contributed by atoms with Crippen LogP contribution in [0.1, 0.15) is 42.5 Å². The predicted octanol–water partition coefficient (Wildman–Crippen LogP) is 1.89. The van der Waals surface area contributed by atoms with Crippen LogP contribution >= 0.6 is 11.6 Å². The van der Waals surface area contributed by atoms with Gasteiger partial charge in [0.2, 0.25) is 0 Å². The Morgan fingerprint density at radius 3 is 2.50 bits per heavy atom. The number of imide groups is 1. The van der Waals surface area contributed by atoms with Gasteiger partial charge in [-0.15, -0.1) is 5.10 Å². The lowest BCUT2D eigenvalue weighted by atomic mass is 10.1. The van der Waals surface area contributed by atoms with Crippen molar-refractivity contribution in [1.29, 1.82) is 0 Å². The van der Waals surface area contributed by atoms with Crippen molar-refractivity contribution in [2.75, 3.05) is 4.90 Å². The van der Waals surface area contributed by atoms with Crippen LogP contribution in [0.3, 0.4) is 0 Å². The molecular weight excluding hydrogens is 362 g/mol. The Hall–Kier alpha value is -3.33. The maximum atomic E-state index is 12.7. The van der Waals surface area contributed by atoms with Crippen molar-refractivity contribution in [1.82, 2.24) is 19.6 Å². The third-order valence-corrected chi connectivity index (χ3v) is 4.68. The lowest BCUT2D eigenvalue weighted by Crippen LogP contribution is -2.30. The van der Waals surface area contributed by atoms with Crippen LogP contribution in [-0.4, -0.2) is 42.5 Å². The van der Waals surface area contributed by atoms with Crippen LogP contribution in [0.15, 0.2) is 18.2 Å². The smallest absolute Gasteiger partial charge is 0.335 e. The van der Waals surface area contributed by atoms with Gasteiger partial charge < -0.3 is 5.11 Å². The predicted molar refractivity (Wildman–Crippen MR) is 89.8 cm³/mol. The van der Waals surface area contributed by atoms with Crippen molar-refractivity contribution in [2.24, 2.45) is 0 Å². The van der Waals surface area contributed by atoms with Gasteiger partial charge in [-0.2, -0.15) is 9.50 Å². The van der Waals surface area contributed by atoms with E-state index in [9.17, 15) is 14.4 Å². The molecule has 0 saturated heterocycles. The van der Waals surface area contributed by atoms with Gasteiger partial charge in [-0.3, -0.25) is 9.59 Å². The van der Waals surface area contributed by atoms with Gasteiger partial charge in [-0.1, -0.05) is 11.6 Å². The van der Waals surface area contributed by atoms with Crippen LogP contribution < -0.4 is 4.90 Å². The van der Waals surface area contributed by atoms with E-state index in [1.54, 1.807) is 13.8 Å². The van der Waals surface area contributed by atoms with E-state index in [-0.39, 0.29) is 28.4 Å². The summed E-state index contributed by atoms with van der Waals surface area (Å²) < 4.78 is 1.34. The third kappa shape index (κ3) is 2.10. The van der Waals surface area contributed by atoms with Crippen molar-refractivity contribution in [3.8, 4) is 0 Å². The number of nitrogens with zero attached hydrogens (tertiary/aromatic N) is 5. The quantitative estimate of drug-likeness (QED) is 0.683. The highest BCUT2D eigenvalue weighted by atomic mass is 35.5. The average Bonchev–Trinajstić information content (AvgIpc) is 3.12. The number of hydrogen-bond acceptors (Lipinski definition) is 6. The monoisotopic (exact) mass is 371 g/mol. The van der Waals surface area contributed by atoms with E-state index in [0.29, 0.717) is 16.4 Å². The molecule has 1 aromatic carbocycles. The number of carboxylic acids is 1. The van der Waals surface area contributed by atoms with Crippen LogP contribution in [0.4, 0.5) is 5.95 Å². The summed E-state index contributed by atoms with van der Waals surface area (Å²) in [7, 11) is 0. The minimum atomic E-state index is -1.19. The van der Waals surface area contributed by atoms with Gasteiger partial charge in [0.25, 0.3) is 23.5 Å². The first-order valence-electron chi connectivity index (χ1n) is 7.45. The van der Waals surface area contributed by atoms with E-state index in [1.807, 2.05) is 0 Å². The first-order valence-corrected chi connectivity index (χ1v) is 7.83. The molecule has 130 valence electrons. The molecule has 0 spiro atoms. The molecule has 2 amide bonds.